The number of hydrogen-bond acceptors (Lipinski definition) is 15. The van der Waals surface area contributed by atoms with Crippen molar-refractivity contribution < 1.29 is 63.9 Å². The van der Waals surface area contributed by atoms with Gasteiger partial charge in [0.2, 0.25) is 41.4 Å². The Labute approximate surface area is 363 Å². The highest BCUT2D eigenvalue weighted by molar-refractivity contribution is 7.80. The van der Waals surface area contributed by atoms with Gasteiger partial charge in [0, 0.05) is 18.7 Å². The van der Waals surface area contributed by atoms with Crippen LogP contribution in [0.3, 0.4) is 0 Å². The number of thiol groups is 1. The zero-order valence-corrected chi connectivity index (χ0v) is 35.9. The maximum Gasteiger partial charge on any atom is 0.327 e. The van der Waals surface area contributed by atoms with E-state index in [0.717, 1.165) is 6.92 Å². The molecule has 1 aromatic carbocycles. The van der Waals surface area contributed by atoms with Gasteiger partial charge in [0.25, 0.3) is 0 Å². The fourth-order valence-corrected chi connectivity index (χ4v) is 5.67. The fourth-order valence-electron chi connectivity index (χ4n) is 5.42. The average Bonchev–Trinajstić information content (AvgIpc) is 3.19. The second kappa shape index (κ2) is 26.5. The van der Waals surface area contributed by atoms with Gasteiger partial charge in [0.1, 0.15) is 48.0 Å². The quantitative estimate of drug-likeness (QED) is 0.0178. The summed E-state index contributed by atoms with van der Waals surface area (Å²) in [6.45, 7) is 5.87. The lowest BCUT2D eigenvalue weighted by Gasteiger charge is -2.29. The summed E-state index contributed by atoms with van der Waals surface area (Å²) in [5, 5.41) is 66.3. The lowest BCUT2D eigenvalue weighted by Crippen LogP contribution is -2.63. The highest BCUT2D eigenvalue weighted by Crippen LogP contribution is 2.13. The van der Waals surface area contributed by atoms with Crippen LogP contribution >= 0.6 is 12.6 Å². The van der Waals surface area contributed by atoms with E-state index in [1.165, 1.54) is 38.1 Å². The fraction of sp³-hybridized carbons (Fsp3) is 0.595. The Morgan fingerprint density at radius 2 is 1.08 bits per heavy atom. The van der Waals surface area contributed by atoms with Crippen molar-refractivity contribution in [2.24, 2.45) is 28.1 Å². The minimum absolute atomic E-state index is 0.00546. The number of carbonyl (C=O) groups excluding carboxylic acids is 7. The van der Waals surface area contributed by atoms with Crippen LogP contribution in [-0.4, -0.2) is 158 Å². The van der Waals surface area contributed by atoms with Crippen molar-refractivity contribution in [1.29, 1.82) is 0 Å². The lowest BCUT2D eigenvalue weighted by molar-refractivity contribution is -0.142. The zero-order chi connectivity index (χ0) is 47.4. The van der Waals surface area contributed by atoms with Gasteiger partial charge in [-0.15, -0.1) is 0 Å². The molecule has 348 valence electrons. The van der Waals surface area contributed by atoms with Gasteiger partial charge < -0.3 is 80.0 Å². The predicted molar refractivity (Wildman–Crippen MR) is 226 cm³/mol. The number of aliphatic carboxylic acids is 1. The molecule has 1 aromatic rings. The van der Waals surface area contributed by atoms with Crippen molar-refractivity contribution in [3.63, 3.8) is 0 Å². The summed E-state index contributed by atoms with van der Waals surface area (Å²) in [6.07, 6.45) is -3.43. The molecule has 1 rings (SSSR count). The van der Waals surface area contributed by atoms with Crippen LogP contribution in [0.4, 0.5) is 0 Å². The van der Waals surface area contributed by atoms with Gasteiger partial charge >= 0.3 is 5.97 Å². The SMILES string of the molecule is CC(C)[C@H](NC(=O)[C@@H](NC(=O)[C@H](C)N)[C@@H](C)O)C(=O)N[C@@H](CCCN=C(N)N)C(=O)N[C@H](C(=O)N[C@@H](Cc1ccc(O)cc1)C(=O)N[C@@H](CO)C(=O)N[C@@H](CS)C(=O)O)[C@@H](C)O. The largest absolute Gasteiger partial charge is 0.508 e. The van der Waals surface area contributed by atoms with E-state index in [0.29, 0.717) is 5.56 Å². The number of phenols is 1. The zero-order valence-electron chi connectivity index (χ0n) is 35.0. The number of carboxylic acid groups (broad SMARTS) is 1. The first-order valence-electron chi connectivity index (χ1n) is 19.5. The van der Waals surface area contributed by atoms with Gasteiger partial charge in [0.05, 0.1) is 24.9 Å². The number of aromatic hydroxyl groups is 1. The molecule has 0 bridgehead atoms. The van der Waals surface area contributed by atoms with E-state index in [1.54, 1.807) is 13.8 Å². The molecule has 0 saturated heterocycles. The monoisotopic (exact) mass is 899 g/mol. The lowest BCUT2D eigenvalue weighted by atomic mass is 10.0. The maximum absolute atomic E-state index is 13.9. The molecule has 0 aliphatic carbocycles. The highest BCUT2D eigenvalue weighted by Gasteiger charge is 2.36. The summed E-state index contributed by atoms with van der Waals surface area (Å²) in [7, 11) is 0. The average molecular weight is 900 g/mol. The summed E-state index contributed by atoms with van der Waals surface area (Å²) in [4.78, 5) is 109. The van der Waals surface area contributed by atoms with E-state index in [1.807, 2.05) is 0 Å². The Balaban J connectivity index is 3.46. The molecule has 0 aliphatic heterocycles. The van der Waals surface area contributed by atoms with Crippen LogP contribution in [0.2, 0.25) is 0 Å². The van der Waals surface area contributed by atoms with Crippen molar-refractivity contribution in [2.45, 2.75) is 114 Å². The number of aliphatic imine (C=N–C) groups is 1. The van der Waals surface area contributed by atoms with Crippen LogP contribution < -0.4 is 54.4 Å². The summed E-state index contributed by atoms with van der Waals surface area (Å²) in [5.41, 5.74) is 16.8. The van der Waals surface area contributed by atoms with Crippen LogP contribution in [0.5, 0.6) is 5.75 Å². The van der Waals surface area contributed by atoms with Crippen molar-refractivity contribution in [3.8, 4) is 5.75 Å². The Kier molecular flexibility index (Phi) is 23.2. The molecular weight excluding hydrogens is 839 g/mol. The summed E-state index contributed by atoms with van der Waals surface area (Å²) >= 11 is 3.87. The Bertz CT molecular complexity index is 1730. The first-order chi connectivity index (χ1) is 28.9. The molecule has 24 nitrogen and oxygen atoms in total. The van der Waals surface area contributed by atoms with E-state index in [4.69, 9.17) is 17.2 Å². The number of carbonyl (C=O) groups is 8. The number of nitrogens with one attached hydrogen (secondary N) is 7. The number of rotatable bonds is 26. The van der Waals surface area contributed by atoms with Crippen molar-refractivity contribution in [3.05, 3.63) is 29.8 Å². The standard InChI is InChI=1S/C37H61N11O13S/c1-16(2)26(46-35(59)28(19(5)51)47-29(53)17(3)38)33(57)42-22(7-6-12-41-37(39)40)30(54)48-27(18(4)50)34(58)43-23(13-20-8-10-21(52)11-9-20)31(55)44-24(14-49)32(56)45-25(15-62)36(60)61/h8-11,16-19,22-28,49-52,62H,6-7,12-15,38H2,1-5H3,(H,42,57)(H,43,58)(H,44,55)(H,45,56)(H,46,59)(H,47,53)(H,48,54)(H,60,61)(H4,39,40,41)/t17-,18+,19+,22-,23-,24-,25-,26-,27-,28-/m0/s1. The molecule has 7 amide bonds. The molecule has 0 unspecified atom stereocenters. The number of guanidine groups is 1. The second-order valence-corrected chi connectivity index (χ2v) is 15.1. The minimum Gasteiger partial charge on any atom is -0.508 e. The van der Waals surface area contributed by atoms with Crippen LogP contribution in [0.1, 0.15) is 53.0 Å². The molecule has 0 radical (unpaired) electrons. The first kappa shape index (κ1) is 54.3. The number of aliphatic hydroxyl groups is 3. The Morgan fingerprint density at radius 1 is 0.645 bits per heavy atom. The van der Waals surface area contributed by atoms with Gasteiger partial charge in [-0.25, -0.2) is 4.79 Å². The number of phenolic OH excluding ortho intramolecular Hbond substituents is 1. The van der Waals surface area contributed by atoms with Crippen LogP contribution in [0.15, 0.2) is 29.3 Å². The van der Waals surface area contributed by atoms with Crippen molar-refractivity contribution in [1.82, 2.24) is 37.2 Å². The molecular formula is C37H61N11O13S. The summed E-state index contributed by atoms with van der Waals surface area (Å²) in [5.74, 6) is -9.66. The summed E-state index contributed by atoms with van der Waals surface area (Å²) in [6, 6.07) is -6.52. The molecule has 0 aliphatic rings. The molecule has 25 heteroatoms. The molecule has 0 fully saturated rings. The third-order valence-corrected chi connectivity index (χ3v) is 9.35. The molecule has 0 aromatic heterocycles. The molecule has 0 saturated carbocycles. The number of carboxylic acids is 1. The molecule has 18 N–H and O–H groups in total. The van der Waals surface area contributed by atoms with Crippen LogP contribution in [-0.2, 0) is 44.8 Å². The number of hydrogen-bond donors (Lipinski definition) is 16. The van der Waals surface area contributed by atoms with E-state index in [2.05, 4.69) is 54.8 Å². The van der Waals surface area contributed by atoms with Crippen molar-refractivity contribution in [2.75, 3.05) is 18.9 Å². The topological polar surface area (TPSA) is 412 Å². The summed E-state index contributed by atoms with van der Waals surface area (Å²) < 4.78 is 0. The molecule has 62 heavy (non-hydrogen) atoms. The number of nitrogens with two attached hydrogens (primary N) is 3. The third kappa shape index (κ3) is 18.5. The first-order valence-corrected chi connectivity index (χ1v) is 20.1. The minimum atomic E-state index is -1.81. The normalized spacial score (nSPS) is 15.9. The third-order valence-electron chi connectivity index (χ3n) is 8.99. The van der Waals surface area contributed by atoms with Crippen LogP contribution in [0, 0.1) is 5.92 Å². The van der Waals surface area contributed by atoms with E-state index in [-0.39, 0.29) is 43.3 Å². The van der Waals surface area contributed by atoms with Gasteiger partial charge in [-0.1, -0.05) is 26.0 Å². The van der Waals surface area contributed by atoms with Gasteiger partial charge in [-0.05, 0) is 57.2 Å². The van der Waals surface area contributed by atoms with Crippen molar-refractivity contribution >= 4 is 65.9 Å². The smallest absolute Gasteiger partial charge is 0.327 e. The molecule has 10 atom stereocenters. The number of benzene rings is 1. The maximum atomic E-state index is 13.9. The second-order valence-electron chi connectivity index (χ2n) is 14.7. The Morgan fingerprint density at radius 3 is 1.55 bits per heavy atom. The highest BCUT2D eigenvalue weighted by atomic mass is 32.1. The Hall–Kier alpha value is -5.76. The van der Waals surface area contributed by atoms with E-state index < -0.39 is 120 Å². The number of nitrogens with zero attached hydrogens (tertiary/aromatic N) is 1. The number of amides is 7. The van der Waals surface area contributed by atoms with Gasteiger partial charge in [-0.3, -0.25) is 38.6 Å². The van der Waals surface area contributed by atoms with Gasteiger partial charge in [-0.2, -0.15) is 12.6 Å². The number of aliphatic hydroxyl groups excluding tert-OH is 3. The predicted octanol–water partition coefficient (Wildman–Crippen LogP) is -5.85. The van der Waals surface area contributed by atoms with E-state index >= 15 is 0 Å². The van der Waals surface area contributed by atoms with Gasteiger partial charge in [0.15, 0.2) is 5.96 Å². The van der Waals surface area contributed by atoms with Crippen LogP contribution in [0.25, 0.3) is 0 Å². The van der Waals surface area contributed by atoms with E-state index in [9.17, 15) is 63.9 Å². The molecule has 0 heterocycles. The molecule has 0 spiro atoms.